The Kier molecular flexibility index (Phi) is 3.29. The molecule has 0 unspecified atom stereocenters. The predicted molar refractivity (Wildman–Crippen MR) is 58.6 cm³/mol. The van der Waals surface area contributed by atoms with Crippen molar-refractivity contribution in [2.45, 2.75) is 63.6 Å². The molecule has 0 aromatic heterocycles. The van der Waals surface area contributed by atoms with Crippen LogP contribution in [0, 0.1) is 0 Å². The number of piperidine rings is 1. The summed E-state index contributed by atoms with van der Waals surface area (Å²) in [5.74, 6) is -0.0107. The number of nitrogens with zero attached hydrogens (tertiary/aromatic N) is 1. The van der Waals surface area contributed by atoms with Crippen molar-refractivity contribution < 1.29 is 9.53 Å². The van der Waals surface area contributed by atoms with Gasteiger partial charge in [-0.15, -0.1) is 0 Å². The maximum absolute atomic E-state index is 11.5. The quantitative estimate of drug-likeness (QED) is 0.668. The number of carbonyl (C=O) groups is 1. The van der Waals surface area contributed by atoms with Crippen LogP contribution >= 0.6 is 0 Å². The highest BCUT2D eigenvalue weighted by Gasteiger charge is 2.43. The van der Waals surface area contributed by atoms with Gasteiger partial charge >= 0.3 is 5.97 Å². The first-order valence-corrected chi connectivity index (χ1v) is 6.13. The zero-order valence-electron chi connectivity index (χ0n) is 9.74. The van der Waals surface area contributed by atoms with Crippen LogP contribution in [0.3, 0.4) is 0 Å². The molecule has 0 spiro atoms. The van der Waals surface area contributed by atoms with Crippen LogP contribution in [0.15, 0.2) is 0 Å². The third-order valence-corrected chi connectivity index (χ3v) is 3.81. The molecule has 0 radical (unpaired) electrons. The van der Waals surface area contributed by atoms with E-state index in [1.807, 2.05) is 6.92 Å². The number of hydrogen-bond acceptors (Lipinski definition) is 3. The Morgan fingerprint density at radius 1 is 1.47 bits per heavy atom. The maximum atomic E-state index is 11.5. The number of hydrogen-bond donors (Lipinski definition) is 0. The summed E-state index contributed by atoms with van der Waals surface area (Å²) in [6.45, 7) is 2.01. The van der Waals surface area contributed by atoms with E-state index in [1.165, 1.54) is 19.3 Å². The molecule has 2 bridgehead atoms. The van der Waals surface area contributed by atoms with Crippen molar-refractivity contribution in [3.8, 4) is 0 Å². The Bertz CT molecular complexity index is 242. The summed E-state index contributed by atoms with van der Waals surface area (Å²) < 4.78 is 5.56. The molecule has 3 heteroatoms. The predicted octanol–water partition coefficient (Wildman–Crippen LogP) is 1.95. The standard InChI is InChI=1S/C12H21NO2/c1-3-5-12(14)15-11-8-9-6-4-7-10(11)13(9)2/h9-11H,3-8H2,1-2H3/t9-,10+,11-/m0/s1. The Hall–Kier alpha value is -0.570. The minimum atomic E-state index is -0.0107. The Balaban J connectivity index is 1.91. The van der Waals surface area contributed by atoms with E-state index in [1.54, 1.807) is 0 Å². The summed E-state index contributed by atoms with van der Waals surface area (Å²) in [7, 11) is 2.17. The number of likely N-dealkylation sites (N-methyl/N-ethyl adjacent to an activating group) is 1. The van der Waals surface area contributed by atoms with E-state index in [2.05, 4.69) is 11.9 Å². The van der Waals surface area contributed by atoms with Crippen LogP contribution in [-0.4, -0.2) is 36.1 Å². The molecule has 2 fully saturated rings. The highest BCUT2D eigenvalue weighted by molar-refractivity contribution is 5.69. The van der Waals surface area contributed by atoms with Crippen molar-refractivity contribution in [1.29, 1.82) is 0 Å². The summed E-state index contributed by atoms with van der Waals surface area (Å²) in [6, 6.07) is 1.15. The molecule has 0 saturated carbocycles. The lowest BCUT2D eigenvalue weighted by atomic mass is 10.0. The molecule has 2 aliphatic rings. The number of ether oxygens (including phenoxy) is 1. The van der Waals surface area contributed by atoms with Gasteiger partial charge in [-0.25, -0.2) is 0 Å². The second-order valence-corrected chi connectivity index (χ2v) is 4.83. The first-order valence-electron chi connectivity index (χ1n) is 6.13. The molecule has 2 rings (SSSR count). The normalized spacial score (nSPS) is 35.5. The Morgan fingerprint density at radius 2 is 2.27 bits per heavy atom. The molecule has 2 saturated heterocycles. The molecule has 15 heavy (non-hydrogen) atoms. The summed E-state index contributed by atoms with van der Waals surface area (Å²) in [5, 5.41) is 0. The highest BCUT2D eigenvalue weighted by atomic mass is 16.5. The van der Waals surface area contributed by atoms with Gasteiger partial charge in [-0.05, 0) is 26.3 Å². The molecule has 0 aliphatic carbocycles. The van der Waals surface area contributed by atoms with Crippen LogP contribution in [0.4, 0.5) is 0 Å². The van der Waals surface area contributed by atoms with Gasteiger partial charge in [0.15, 0.2) is 0 Å². The fourth-order valence-electron chi connectivity index (χ4n) is 2.96. The zero-order chi connectivity index (χ0) is 10.8. The average Bonchev–Trinajstić information content (AvgIpc) is 2.38. The van der Waals surface area contributed by atoms with E-state index < -0.39 is 0 Å². The van der Waals surface area contributed by atoms with Gasteiger partial charge < -0.3 is 4.74 Å². The molecule has 3 nitrogen and oxygen atoms in total. The summed E-state index contributed by atoms with van der Waals surface area (Å²) in [4.78, 5) is 13.9. The first-order chi connectivity index (χ1) is 7.22. The average molecular weight is 211 g/mol. The highest BCUT2D eigenvalue weighted by Crippen LogP contribution is 2.36. The molecule has 2 heterocycles. The van der Waals surface area contributed by atoms with E-state index in [0.29, 0.717) is 18.5 Å². The summed E-state index contributed by atoms with van der Waals surface area (Å²) in [6.07, 6.45) is 6.43. The molecular weight excluding hydrogens is 190 g/mol. The minimum absolute atomic E-state index is 0.0107. The second-order valence-electron chi connectivity index (χ2n) is 4.83. The van der Waals surface area contributed by atoms with E-state index in [-0.39, 0.29) is 12.1 Å². The summed E-state index contributed by atoms with van der Waals surface area (Å²) in [5.41, 5.74) is 0. The van der Waals surface area contributed by atoms with Gasteiger partial charge in [0, 0.05) is 24.9 Å². The molecule has 0 aromatic carbocycles. The van der Waals surface area contributed by atoms with Crippen LogP contribution < -0.4 is 0 Å². The van der Waals surface area contributed by atoms with E-state index in [4.69, 9.17) is 4.74 Å². The topological polar surface area (TPSA) is 29.5 Å². The molecule has 0 aromatic rings. The van der Waals surface area contributed by atoms with Crippen LogP contribution in [0.5, 0.6) is 0 Å². The Morgan fingerprint density at radius 3 is 2.93 bits per heavy atom. The molecule has 3 atom stereocenters. The summed E-state index contributed by atoms with van der Waals surface area (Å²) >= 11 is 0. The van der Waals surface area contributed by atoms with E-state index in [0.717, 1.165) is 12.8 Å². The van der Waals surface area contributed by atoms with E-state index >= 15 is 0 Å². The fourth-order valence-corrected chi connectivity index (χ4v) is 2.96. The SMILES string of the molecule is CCCC(=O)O[C@H]1C[C@@H]2CCC[C@H]1N2C. The molecule has 2 aliphatic heterocycles. The smallest absolute Gasteiger partial charge is 0.306 e. The van der Waals surface area contributed by atoms with Crippen molar-refractivity contribution in [1.82, 2.24) is 4.90 Å². The van der Waals surface area contributed by atoms with Crippen molar-refractivity contribution in [3.05, 3.63) is 0 Å². The fraction of sp³-hybridized carbons (Fsp3) is 0.917. The molecular formula is C12H21NO2. The first kappa shape index (κ1) is 10.9. The number of esters is 1. The third-order valence-electron chi connectivity index (χ3n) is 3.81. The second kappa shape index (κ2) is 4.52. The minimum Gasteiger partial charge on any atom is -0.461 e. The molecule has 86 valence electrons. The zero-order valence-corrected chi connectivity index (χ0v) is 9.74. The maximum Gasteiger partial charge on any atom is 0.306 e. The largest absolute Gasteiger partial charge is 0.461 e. The number of rotatable bonds is 3. The van der Waals surface area contributed by atoms with Crippen molar-refractivity contribution in [3.63, 3.8) is 0 Å². The number of carbonyl (C=O) groups excluding carboxylic acids is 1. The van der Waals surface area contributed by atoms with Crippen LogP contribution in [0.25, 0.3) is 0 Å². The lowest BCUT2D eigenvalue weighted by Crippen LogP contribution is -2.39. The van der Waals surface area contributed by atoms with Crippen molar-refractivity contribution >= 4 is 5.97 Å². The Labute approximate surface area is 91.8 Å². The number of fused-ring (bicyclic) bond motifs is 2. The van der Waals surface area contributed by atoms with Crippen molar-refractivity contribution in [2.24, 2.45) is 0 Å². The van der Waals surface area contributed by atoms with Crippen LogP contribution in [-0.2, 0) is 9.53 Å². The van der Waals surface area contributed by atoms with Gasteiger partial charge in [0.25, 0.3) is 0 Å². The third kappa shape index (κ3) is 2.17. The van der Waals surface area contributed by atoms with Gasteiger partial charge in [-0.2, -0.15) is 0 Å². The lowest BCUT2D eigenvalue weighted by molar-refractivity contribution is -0.150. The molecule has 0 amide bonds. The van der Waals surface area contributed by atoms with E-state index in [9.17, 15) is 4.79 Å². The molecule has 0 N–H and O–H groups in total. The van der Waals surface area contributed by atoms with Crippen molar-refractivity contribution in [2.75, 3.05) is 7.05 Å². The van der Waals surface area contributed by atoms with Crippen LogP contribution in [0.2, 0.25) is 0 Å². The van der Waals surface area contributed by atoms with Gasteiger partial charge in [0.2, 0.25) is 0 Å². The van der Waals surface area contributed by atoms with Crippen LogP contribution in [0.1, 0.15) is 45.4 Å². The monoisotopic (exact) mass is 211 g/mol. The van der Waals surface area contributed by atoms with Gasteiger partial charge in [0.05, 0.1) is 0 Å². The lowest BCUT2D eigenvalue weighted by Gasteiger charge is -2.31. The van der Waals surface area contributed by atoms with Gasteiger partial charge in [-0.1, -0.05) is 13.3 Å². The van der Waals surface area contributed by atoms with Gasteiger partial charge in [-0.3, -0.25) is 9.69 Å². The van der Waals surface area contributed by atoms with Gasteiger partial charge in [0.1, 0.15) is 6.10 Å².